The topological polar surface area (TPSA) is 46.6 Å². The Balaban J connectivity index is 2.01. The number of benzene rings is 2. The molecule has 0 bridgehead atoms. The summed E-state index contributed by atoms with van der Waals surface area (Å²) < 4.78 is 5.05. The van der Waals surface area contributed by atoms with Gasteiger partial charge in [0.15, 0.2) is 0 Å². The highest BCUT2D eigenvalue weighted by Gasteiger charge is 2.35. The molecule has 5 heteroatoms. The first-order chi connectivity index (χ1) is 14.4. The normalized spacial score (nSPS) is 15.7. The van der Waals surface area contributed by atoms with Gasteiger partial charge in [0.05, 0.1) is 7.11 Å². The van der Waals surface area contributed by atoms with Crippen LogP contribution in [-0.2, 0) is 9.53 Å². The number of amides is 1. The van der Waals surface area contributed by atoms with Crippen molar-refractivity contribution in [2.24, 2.45) is 0 Å². The van der Waals surface area contributed by atoms with E-state index in [2.05, 4.69) is 12.1 Å². The molecule has 1 heterocycles. The zero-order valence-corrected chi connectivity index (χ0v) is 18.7. The van der Waals surface area contributed by atoms with Crippen molar-refractivity contribution in [3.05, 3.63) is 93.5 Å². The molecule has 2 aromatic rings. The van der Waals surface area contributed by atoms with Crippen molar-refractivity contribution < 1.29 is 14.3 Å². The molecule has 0 fully saturated rings. The minimum atomic E-state index is -0.396. The Labute approximate surface area is 182 Å². The van der Waals surface area contributed by atoms with E-state index in [1.807, 2.05) is 69.3 Å². The van der Waals surface area contributed by atoms with E-state index in [0.29, 0.717) is 23.4 Å². The van der Waals surface area contributed by atoms with E-state index >= 15 is 0 Å². The summed E-state index contributed by atoms with van der Waals surface area (Å²) in [6, 6.07) is 17.6. The summed E-state index contributed by atoms with van der Waals surface area (Å²) >= 11 is 1.47. The van der Waals surface area contributed by atoms with Gasteiger partial charge in [-0.25, -0.2) is 4.79 Å². The van der Waals surface area contributed by atoms with Crippen molar-refractivity contribution in [1.82, 2.24) is 4.90 Å². The van der Waals surface area contributed by atoms with Gasteiger partial charge in [0, 0.05) is 29.5 Å². The van der Waals surface area contributed by atoms with Crippen molar-refractivity contribution in [3.8, 4) is 0 Å². The Morgan fingerprint density at radius 1 is 1.10 bits per heavy atom. The highest BCUT2D eigenvalue weighted by molar-refractivity contribution is 8.04. The van der Waals surface area contributed by atoms with E-state index in [4.69, 9.17) is 4.74 Å². The number of rotatable bonds is 6. The second-order valence-electron chi connectivity index (χ2n) is 7.55. The maximum atomic E-state index is 13.5. The second kappa shape index (κ2) is 9.81. The summed E-state index contributed by atoms with van der Waals surface area (Å²) in [4.78, 5) is 28.3. The molecule has 1 aliphatic heterocycles. The number of ether oxygens (including phenoxy) is 1. The Kier molecular flexibility index (Phi) is 7.16. The van der Waals surface area contributed by atoms with E-state index in [9.17, 15) is 9.59 Å². The number of hydrogen-bond acceptors (Lipinski definition) is 4. The number of carbonyl (C=O) groups is 2. The number of nitrogens with zero attached hydrogens (tertiary/aromatic N) is 1. The summed E-state index contributed by atoms with van der Waals surface area (Å²) in [5, 5.41) is 0.0651. The molecule has 0 spiro atoms. The van der Waals surface area contributed by atoms with Gasteiger partial charge in [-0.15, -0.1) is 11.8 Å². The molecular weight excluding hydrogens is 394 g/mol. The largest absolute Gasteiger partial charge is 0.465 e. The van der Waals surface area contributed by atoms with Gasteiger partial charge in [-0.3, -0.25) is 4.79 Å². The van der Waals surface area contributed by atoms with Gasteiger partial charge in [-0.2, -0.15) is 0 Å². The van der Waals surface area contributed by atoms with Crippen molar-refractivity contribution in [1.29, 1.82) is 0 Å². The zero-order valence-electron chi connectivity index (χ0n) is 17.8. The lowest BCUT2D eigenvalue weighted by Crippen LogP contribution is -2.31. The first kappa shape index (κ1) is 21.9. The van der Waals surface area contributed by atoms with Gasteiger partial charge in [0.2, 0.25) is 0 Å². The molecule has 30 heavy (non-hydrogen) atoms. The van der Waals surface area contributed by atoms with E-state index in [1.165, 1.54) is 18.9 Å². The van der Waals surface area contributed by atoms with E-state index in [1.54, 1.807) is 4.90 Å². The molecule has 2 aromatic carbocycles. The Hall–Kier alpha value is -2.79. The first-order valence-electron chi connectivity index (χ1n) is 9.95. The summed E-state index contributed by atoms with van der Waals surface area (Å²) in [7, 11) is 1.38. The van der Waals surface area contributed by atoms with Crippen LogP contribution in [0.4, 0.5) is 0 Å². The molecule has 3 rings (SSSR count). The fourth-order valence-electron chi connectivity index (χ4n) is 3.31. The average molecular weight is 422 g/mol. The monoisotopic (exact) mass is 421 g/mol. The van der Waals surface area contributed by atoms with Crippen molar-refractivity contribution >= 4 is 23.6 Å². The van der Waals surface area contributed by atoms with Crippen LogP contribution in [0.1, 0.15) is 47.0 Å². The molecule has 0 saturated carbocycles. The molecule has 0 aromatic heterocycles. The third-order valence-electron chi connectivity index (χ3n) is 4.99. The number of aryl methyl sites for hydroxylation is 1. The molecule has 1 aliphatic rings. The molecule has 1 unspecified atom stereocenters. The minimum absolute atomic E-state index is 0.0651. The number of esters is 1. The molecule has 156 valence electrons. The molecule has 0 N–H and O–H groups in total. The number of methoxy groups -OCH3 is 1. The van der Waals surface area contributed by atoms with Crippen LogP contribution < -0.4 is 0 Å². The first-order valence-corrected chi connectivity index (χ1v) is 10.8. The standard InChI is InChI=1S/C25H27NO3S/c1-17(2)14-15-26(24(27)20-12-10-18(3)11-13-20)21-16-22(19-8-6-5-7-9-19)30-23(21)25(28)29-4/h5-14,22H,15-16H2,1-4H3. The lowest BCUT2D eigenvalue weighted by Gasteiger charge is -2.24. The molecule has 1 amide bonds. The quantitative estimate of drug-likeness (QED) is 0.446. The summed E-state index contributed by atoms with van der Waals surface area (Å²) in [6.45, 7) is 6.40. The van der Waals surface area contributed by atoms with E-state index < -0.39 is 5.97 Å². The smallest absolute Gasteiger partial charge is 0.346 e. The Morgan fingerprint density at radius 3 is 2.37 bits per heavy atom. The maximum absolute atomic E-state index is 13.5. The van der Waals surface area contributed by atoms with Gasteiger partial charge in [0.25, 0.3) is 5.91 Å². The molecule has 1 atom stereocenters. The second-order valence-corrected chi connectivity index (χ2v) is 8.76. The van der Waals surface area contributed by atoms with Crippen LogP contribution in [0, 0.1) is 6.92 Å². The molecule has 4 nitrogen and oxygen atoms in total. The SMILES string of the molecule is COC(=O)C1=C(N(CC=C(C)C)C(=O)c2ccc(C)cc2)CC(c2ccccc2)S1. The number of allylic oxidation sites excluding steroid dienone is 2. The molecule has 0 radical (unpaired) electrons. The maximum Gasteiger partial charge on any atom is 0.346 e. The molecular formula is C25H27NO3S. The molecule has 0 aliphatic carbocycles. The van der Waals surface area contributed by atoms with Gasteiger partial charge in [0.1, 0.15) is 4.91 Å². The average Bonchev–Trinajstić information content (AvgIpc) is 3.19. The summed E-state index contributed by atoms with van der Waals surface area (Å²) in [5.74, 6) is -0.509. The lowest BCUT2D eigenvalue weighted by molar-refractivity contribution is -0.135. The number of thioether (sulfide) groups is 1. The van der Waals surface area contributed by atoms with Gasteiger partial charge < -0.3 is 9.64 Å². The predicted octanol–water partition coefficient (Wildman–Crippen LogP) is 5.67. The summed E-state index contributed by atoms with van der Waals surface area (Å²) in [5.41, 5.74) is 4.67. The van der Waals surface area contributed by atoms with E-state index in [0.717, 1.165) is 22.4 Å². The van der Waals surface area contributed by atoms with Crippen LogP contribution in [-0.4, -0.2) is 30.4 Å². The Morgan fingerprint density at radius 2 is 1.77 bits per heavy atom. The van der Waals surface area contributed by atoms with Crippen LogP contribution in [0.3, 0.4) is 0 Å². The predicted molar refractivity (Wildman–Crippen MR) is 122 cm³/mol. The van der Waals surface area contributed by atoms with Crippen LogP contribution in [0.15, 0.2) is 76.8 Å². The number of carbonyl (C=O) groups excluding carboxylic acids is 2. The fourth-order valence-corrected chi connectivity index (χ4v) is 4.63. The highest BCUT2D eigenvalue weighted by atomic mass is 32.2. The van der Waals surface area contributed by atoms with Gasteiger partial charge >= 0.3 is 5.97 Å². The van der Waals surface area contributed by atoms with Crippen molar-refractivity contribution in [3.63, 3.8) is 0 Å². The van der Waals surface area contributed by atoms with Crippen molar-refractivity contribution in [2.45, 2.75) is 32.4 Å². The lowest BCUT2D eigenvalue weighted by atomic mass is 10.1. The van der Waals surface area contributed by atoms with Gasteiger partial charge in [-0.05, 0) is 38.5 Å². The highest BCUT2D eigenvalue weighted by Crippen LogP contribution is 2.49. The Bertz CT molecular complexity index is 973. The van der Waals surface area contributed by atoms with Crippen LogP contribution in [0.25, 0.3) is 0 Å². The zero-order chi connectivity index (χ0) is 21.7. The fraction of sp³-hybridized carbons (Fsp3) is 0.280. The van der Waals surface area contributed by atoms with E-state index in [-0.39, 0.29) is 11.2 Å². The number of hydrogen-bond donors (Lipinski definition) is 0. The van der Waals surface area contributed by atoms with Crippen molar-refractivity contribution in [2.75, 3.05) is 13.7 Å². The minimum Gasteiger partial charge on any atom is -0.465 e. The van der Waals surface area contributed by atoms with Crippen LogP contribution >= 0.6 is 11.8 Å². The third kappa shape index (κ3) is 5.03. The third-order valence-corrected chi connectivity index (χ3v) is 6.36. The van der Waals surface area contributed by atoms with Crippen LogP contribution in [0.2, 0.25) is 0 Å². The molecule has 0 saturated heterocycles. The van der Waals surface area contributed by atoms with Crippen LogP contribution in [0.5, 0.6) is 0 Å². The summed E-state index contributed by atoms with van der Waals surface area (Å²) in [6.07, 6.45) is 2.60. The van der Waals surface area contributed by atoms with Gasteiger partial charge in [-0.1, -0.05) is 59.7 Å².